The molecule has 0 aromatic heterocycles. The van der Waals surface area contributed by atoms with Gasteiger partial charge in [-0.2, -0.15) is 0 Å². The van der Waals surface area contributed by atoms with Crippen LogP contribution in [-0.4, -0.2) is 74.2 Å². The van der Waals surface area contributed by atoms with E-state index in [1.165, 1.54) is 6.07 Å². The molecule has 2 amide bonds. The first-order valence-electron chi connectivity index (χ1n) is 9.04. The third kappa shape index (κ3) is 3.80. The molecule has 2 fully saturated rings. The highest BCUT2D eigenvalue weighted by atomic mass is 19.1. The Hall–Kier alpha value is -1.66. The summed E-state index contributed by atoms with van der Waals surface area (Å²) >= 11 is 0. The molecule has 0 aliphatic carbocycles. The van der Waals surface area contributed by atoms with Crippen molar-refractivity contribution in [1.82, 2.24) is 14.7 Å². The number of nitrogens with zero attached hydrogens (tertiary/aromatic N) is 3. The molecule has 2 heterocycles. The average molecular weight is 349 g/mol. The van der Waals surface area contributed by atoms with Crippen molar-refractivity contribution in [3.8, 4) is 0 Å². The van der Waals surface area contributed by atoms with Crippen molar-refractivity contribution in [3.63, 3.8) is 0 Å². The standard InChI is InChI=1S/C19H28FN3O2/c1-4-25-9-8-22-11-15-12-23(19(24)21(2)3)18(17(15)13-22)14-6-5-7-16(20)10-14/h5-7,10,15,17-18H,4,8-9,11-13H2,1-3H3/t15-,17-,18-/m1/s1. The van der Waals surface area contributed by atoms with Crippen LogP contribution in [0.25, 0.3) is 0 Å². The van der Waals surface area contributed by atoms with Crippen LogP contribution in [0.4, 0.5) is 9.18 Å². The second-order valence-electron chi connectivity index (χ2n) is 7.21. The van der Waals surface area contributed by atoms with Crippen molar-refractivity contribution in [2.24, 2.45) is 11.8 Å². The van der Waals surface area contributed by atoms with Crippen molar-refractivity contribution >= 4 is 6.03 Å². The van der Waals surface area contributed by atoms with Gasteiger partial charge in [0.25, 0.3) is 0 Å². The second kappa shape index (κ2) is 7.70. The minimum atomic E-state index is -0.246. The molecule has 1 aromatic rings. The van der Waals surface area contributed by atoms with Gasteiger partial charge < -0.3 is 19.4 Å². The minimum Gasteiger partial charge on any atom is -0.380 e. The smallest absolute Gasteiger partial charge is 0.320 e. The fourth-order valence-corrected chi connectivity index (χ4v) is 4.23. The highest BCUT2D eigenvalue weighted by Crippen LogP contribution is 2.45. The van der Waals surface area contributed by atoms with Crippen LogP contribution in [0.5, 0.6) is 0 Å². The SMILES string of the molecule is CCOCCN1C[C@@H]2CN(C(=O)N(C)C)[C@H](c3cccc(F)c3)[C@@H]2C1. The van der Waals surface area contributed by atoms with Crippen LogP contribution in [0.1, 0.15) is 18.5 Å². The summed E-state index contributed by atoms with van der Waals surface area (Å²) in [7, 11) is 3.54. The number of benzene rings is 1. The van der Waals surface area contributed by atoms with Gasteiger partial charge in [0.05, 0.1) is 12.6 Å². The third-order valence-electron chi connectivity index (χ3n) is 5.31. The van der Waals surface area contributed by atoms with E-state index in [0.717, 1.165) is 45.0 Å². The minimum absolute atomic E-state index is 0.00419. The molecule has 2 aliphatic heterocycles. The largest absolute Gasteiger partial charge is 0.380 e. The number of hydrogen-bond donors (Lipinski definition) is 0. The lowest BCUT2D eigenvalue weighted by Crippen LogP contribution is -2.41. The molecule has 25 heavy (non-hydrogen) atoms. The topological polar surface area (TPSA) is 36.0 Å². The van der Waals surface area contributed by atoms with Crippen molar-refractivity contribution in [2.45, 2.75) is 13.0 Å². The van der Waals surface area contributed by atoms with Gasteiger partial charge in [0, 0.05) is 52.8 Å². The first kappa shape index (κ1) is 18.1. The van der Waals surface area contributed by atoms with Gasteiger partial charge in [-0.15, -0.1) is 0 Å². The molecule has 2 aliphatic rings. The maximum Gasteiger partial charge on any atom is 0.320 e. The monoisotopic (exact) mass is 349 g/mol. The Morgan fingerprint density at radius 1 is 1.32 bits per heavy atom. The first-order chi connectivity index (χ1) is 12.0. The van der Waals surface area contributed by atoms with Gasteiger partial charge in [-0.25, -0.2) is 9.18 Å². The molecule has 2 saturated heterocycles. The van der Waals surface area contributed by atoms with E-state index in [1.54, 1.807) is 31.1 Å². The Morgan fingerprint density at radius 2 is 2.12 bits per heavy atom. The number of ether oxygens (including phenoxy) is 1. The molecule has 3 atom stereocenters. The zero-order valence-corrected chi connectivity index (χ0v) is 15.3. The van der Waals surface area contributed by atoms with Crippen molar-refractivity contribution in [3.05, 3.63) is 35.6 Å². The maximum atomic E-state index is 13.8. The molecule has 6 heteroatoms. The lowest BCUT2D eigenvalue weighted by atomic mass is 9.89. The highest BCUT2D eigenvalue weighted by molar-refractivity contribution is 5.75. The summed E-state index contributed by atoms with van der Waals surface area (Å²) in [6.07, 6.45) is 0. The van der Waals surface area contributed by atoms with E-state index in [2.05, 4.69) is 4.90 Å². The summed E-state index contributed by atoms with van der Waals surface area (Å²) in [5.74, 6) is 0.524. The Kier molecular flexibility index (Phi) is 5.59. The highest BCUT2D eigenvalue weighted by Gasteiger charge is 2.49. The van der Waals surface area contributed by atoms with Crippen molar-refractivity contribution in [2.75, 3.05) is 53.5 Å². The van der Waals surface area contributed by atoms with Crippen molar-refractivity contribution in [1.29, 1.82) is 0 Å². The van der Waals surface area contributed by atoms with Gasteiger partial charge in [-0.1, -0.05) is 12.1 Å². The van der Waals surface area contributed by atoms with Gasteiger partial charge >= 0.3 is 6.03 Å². The van der Waals surface area contributed by atoms with Gasteiger partial charge in [0.1, 0.15) is 5.82 Å². The molecule has 0 radical (unpaired) electrons. The Morgan fingerprint density at radius 3 is 2.80 bits per heavy atom. The quantitative estimate of drug-likeness (QED) is 0.766. The van der Waals surface area contributed by atoms with E-state index in [4.69, 9.17) is 4.74 Å². The Labute approximate surface area is 149 Å². The lowest BCUT2D eigenvalue weighted by molar-refractivity contribution is 0.113. The molecule has 0 N–H and O–H groups in total. The molecule has 0 saturated carbocycles. The fraction of sp³-hybridized carbons (Fsp3) is 0.632. The van der Waals surface area contributed by atoms with E-state index in [-0.39, 0.29) is 17.9 Å². The molecule has 3 rings (SSSR count). The molecular formula is C19H28FN3O2. The Bertz CT molecular complexity index is 610. The molecule has 0 unspecified atom stereocenters. The molecule has 0 spiro atoms. The zero-order chi connectivity index (χ0) is 18.0. The van der Waals surface area contributed by atoms with Crippen LogP contribution in [0.2, 0.25) is 0 Å². The summed E-state index contributed by atoms with van der Waals surface area (Å²) < 4.78 is 19.3. The van der Waals surface area contributed by atoms with E-state index in [1.807, 2.05) is 17.9 Å². The number of amides is 2. The van der Waals surface area contributed by atoms with E-state index in [0.29, 0.717) is 11.8 Å². The van der Waals surface area contributed by atoms with Crippen LogP contribution < -0.4 is 0 Å². The summed E-state index contributed by atoms with van der Waals surface area (Å²) in [5, 5.41) is 0. The first-order valence-corrected chi connectivity index (χ1v) is 9.04. The van der Waals surface area contributed by atoms with Crippen molar-refractivity contribution < 1.29 is 13.9 Å². The zero-order valence-electron chi connectivity index (χ0n) is 15.3. The number of rotatable bonds is 5. The number of halogens is 1. The van der Waals surface area contributed by atoms with E-state index < -0.39 is 0 Å². The summed E-state index contributed by atoms with van der Waals surface area (Å²) in [5.41, 5.74) is 0.898. The van der Waals surface area contributed by atoms with Gasteiger partial charge in [-0.05, 0) is 30.5 Å². The number of likely N-dealkylation sites (tertiary alicyclic amines) is 2. The molecule has 138 valence electrons. The maximum absolute atomic E-state index is 13.8. The number of carbonyl (C=O) groups excluding carboxylic acids is 1. The lowest BCUT2D eigenvalue weighted by Gasteiger charge is -2.31. The number of urea groups is 1. The van der Waals surface area contributed by atoms with Crippen LogP contribution in [0, 0.1) is 17.7 Å². The van der Waals surface area contributed by atoms with Crippen LogP contribution in [0.15, 0.2) is 24.3 Å². The van der Waals surface area contributed by atoms with Gasteiger partial charge in [-0.3, -0.25) is 0 Å². The number of fused-ring (bicyclic) bond motifs is 1. The van der Waals surface area contributed by atoms with Crippen LogP contribution in [0.3, 0.4) is 0 Å². The molecule has 1 aromatic carbocycles. The van der Waals surface area contributed by atoms with Crippen LogP contribution in [-0.2, 0) is 4.74 Å². The number of hydrogen-bond acceptors (Lipinski definition) is 3. The van der Waals surface area contributed by atoms with Gasteiger partial charge in [0.2, 0.25) is 0 Å². The average Bonchev–Trinajstić information content (AvgIpc) is 3.11. The number of carbonyl (C=O) groups is 1. The summed E-state index contributed by atoms with van der Waals surface area (Å²) in [4.78, 5) is 18.6. The molecular weight excluding hydrogens is 321 g/mol. The van der Waals surface area contributed by atoms with E-state index >= 15 is 0 Å². The van der Waals surface area contributed by atoms with Gasteiger partial charge in [0.15, 0.2) is 0 Å². The summed E-state index contributed by atoms with van der Waals surface area (Å²) in [6.45, 7) is 7.02. The normalized spacial score (nSPS) is 26.1. The van der Waals surface area contributed by atoms with E-state index in [9.17, 15) is 9.18 Å². The predicted octanol–water partition coefficient (Wildman–Crippen LogP) is 2.45. The second-order valence-corrected chi connectivity index (χ2v) is 7.21. The predicted molar refractivity (Wildman–Crippen MR) is 94.8 cm³/mol. The Balaban J connectivity index is 1.80. The molecule has 0 bridgehead atoms. The third-order valence-corrected chi connectivity index (χ3v) is 5.31. The van der Waals surface area contributed by atoms with Crippen LogP contribution >= 0.6 is 0 Å². The fourth-order valence-electron chi connectivity index (χ4n) is 4.23. The molecule has 5 nitrogen and oxygen atoms in total. The summed E-state index contributed by atoms with van der Waals surface area (Å²) in [6, 6.07) is 6.65.